The molecule has 0 bridgehead atoms. The van der Waals surface area contributed by atoms with Gasteiger partial charge in [-0.15, -0.1) is 0 Å². The maximum absolute atomic E-state index is 12.2. The molecule has 6 heteroatoms. The van der Waals surface area contributed by atoms with Crippen LogP contribution >= 0.6 is 15.9 Å². The second kappa shape index (κ2) is 5.28. The van der Waals surface area contributed by atoms with E-state index in [2.05, 4.69) is 20.7 Å². The molecule has 1 aliphatic rings. The molecule has 0 radical (unpaired) electrons. The number of hydrogen-bond acceptors (Lipinski definition) is 3. The number of halogens is 1. The summed E-state index contributed by atoms with van der Waals surface area (Å²) in [6.45, 7) is 2.73. The normalized spacial score (nSPS) is 15.9. The molecule has 0 atom stereocenters. The summed E-state index contributed by atoms with van der Waals surface area (Å²) in [7, 11) is -3.45. The molecule has 1 fully saturated rings. The summed E-state index contributed by atoms with van der Waals surface area (Å²) < 4.78 is 27.7. The summed E-state index contributed by atoms with van der Waals surface area (Å²) in [4.78, 5) is 0.281. The van der Waals surface area contributed by atoms with E-state index in [4.69, 9.17) is 5.73 Å². The highest BCUT2D eigenvalue weighted by Crippen LogP contribution is 2.30. The van der Waals surface area contributed by atoms with E-state index in [1.54, 1.807) is 6.07 Å². The summed E-state index contributed by atoms with van der Waals surface area (Å²) >= 11 is 3.34. The Balaban J connectivity index is 2.32. The van der Waals surface area contributed by atoms with E-state index in [0.29, 0.717) is 23.5 Å². The van der Waals surface area contributed by atoms with Crippen molar-refractivity contribution in [1.82, 2.24) is 4.72 Å². The molecule has 0 saturated heterocycles. The molecular weight excluding hydrogens is 316 g/mol. The molecule has 0 amide bonds. The zero-order chi connectivity index (χ0) is 13.3. The minimum Gasteiger partial charge on any atom is -0.326 e. The van der Waals surface area contributed by atoms with Crippen molar-refractivity contribution in [3.63, 3.8) is 0 Å². The van der Waals surface area contributed by atoms with Gasteiger partial charge in [0.25, 0.3) is 0 Å². The summed E-state index contributed by atoms with van der Waals surface area (Å²) in [5.41, 5.74) is 7.28. The van der Waals surface area contributed by atoms with Crippen LogP contribution in [0.5, 0.6) is 0 Å². The van der Waals surface area contributed by atoms with Crippen molar-refractivity contribution in [2.24, 2.45) is 11.7 Å². The van der Waals surface area contributed by atoms with E-state index in [1.165, 1.54) is 0 Å². The van der Waals surface area contributed by atoms with Crippen LogP contribution in [0, 0.1) is 12.8 Å². The van der Waals surface area contributed by atoms with Crippen LogP contribution in [0.15, 0.2) is 21.5 Å². The number of hydrogen-bond donors (Lipinski definition) is 2. The molecule has 4 nitrogen and oxygen atoms in total. The summed E-state index contributed by atoms with van der Waals surface area (Å²) in [6.07, 6.45) is 2.23. The second-order valence-corrected chi connectivity index (χ2v) is 7.25. The average Bonchev–Trinajstić information content (AvgIpc) is 3.13. The quantitative estimate of drug-likeness (QED) is 0.864. The molecular formula is C12H17BrN2O2S. The zero-order valence-corrected chi connectivity index (χ0v) is 12.6. The molecule has 3 N–H and O–H groups in total. The van der Waals surface area contributed by atoms with Crippen molar-refractivity contribution in [1.29, 1.82) is 0 Å². The predicted octanol–water partition coefficient (Wildman–Crippen LogP) is 1.90. The number of rotatable bonds is 5. The van der Waals surface area contributed by atoms with Gasteiger partial charge in [0.2, 0.25) is 10.0 Å². The fourth-order valence-electron chi connectivity index (χ4n) is 1.75. The molecule has 0 aliphatic heterocycles. The summed E-state index contributed by atoms with van der Waals surface area (Å²) in [6, 6.07) is 3.52. The van der Waals surface area contributed by atoms with Crippen LogP contribution in [0.4, 0.5) is 0 Å². The first-order valence-corrected chi connectivity index (χ1v) is 8.20. The van der Waals surface area contributed by atoms with Crippen molar-refractivity contribution in [3.05, 3.63) is 27.7 Å². The average molecular weight is 333 g/mol. The second-order valence-electron chi connectivity index (χ2n) is 4.72. The topological polar surface area (TPSA) is 72.2 Å². The van der Waals surface area contributed by atoms with Gasteiger partial charge in [-0.25, -0.2) is 13.1 Å². The summed E-state index contributed by atoms with van der Waals surface area (Å²) in [5, 5.41) is 0. The first-order chi connectivity index (χ1) is 8.44. The largest absolute Gasteiger partial charge is 0.326 e. The van der Waals surface area contributed by atoms with Crippen molar-refractivity contribution < 1.29 is 8.42 Å². The van der Waals surface area contributed by atoms with Gasteiger partial charge in [0.1, 0.15) is 0 Å². The third kappa shape index (κ3) is 3.12. The molecule has 100 valence electrons. The Morgan fingerprint density at radius 2 is 2.11 bits per heavy atom. The third-order valence-corrected chi connectivity index (χ3v) is 5.83. The highest BCUT2D eigenvalue weighted by atomic mass is 79.9. The number of benzene rings is 1. The van der Waals surface area contributed by atoms with E-state index in [0.717, 1.165) is 24.0 Å². The van der Waals surface area contributed by atoms with Crippen LogP contribution < -0.4 is 10.5 Å². The van der Waals surface area contributed by atoms with Crippen molar-refractivity contribution >= 4 is 26.0 Å². The van der Waals surface area contributed by atoms with Gasteiger partial charge in [0.15, 0.2) is 0 Å². The van der Waals surface area contributed by atoms with Crippen molar-refractivity contribution in [2.75, 3.05) is 6.54 Å². The Bertz CT molecular complexity index is 553. The van der Waals surface area contributed by atoms with Crippen LogP contribution in [0.3, 0.4) is 0 Å². The fourth-order valence-corrected chi connectivity index (χ4v) is 3.93. The van der Waals surface area contributed by atoms with Crippen LogP contribution in [-0.2, 0) is 16.6 Å². The maximum atomic E-state index is 12.2. The maximum Gasteiger partial charge on any atom is 0.241 e. The van der Waals surface area contributed by atoms with Gasteiger partial charge >= 0.3 is 0 Å². The Morgan fingerprint density at radius 3 is 2.67 bits per heavy atom. The van der Waals surface area contributed by atoms with Gasteiger partial charge in [-0.05, 0) is 58.8 Å². The Hall–Kier alpha value is -0.430. The fraction of sp³-hybridized carbons (Fsp3) is 0.500. The molecule has 1 aromatic rings. The highest BCUT2D eigenvalue weighted by molar-refractivity contribution is 9.10. The van der Waals surface area contributed by atoms with E-state index < -0.39 is 10.0 Å². The van der Waals surface area contributed by atoms with Crippen LogP contribution in [0.25, 0.3) is 0 Å². The van der Waals surface area contributed by atoms with Crippen molar-refractivity contribution in [2.45, 2.75) is 31.2 Å². The minimum absolute atomic E-state index is 0.281. The Labute approximate surface area is 116 Å². The molecule has 18 heavy (non-hydrogen) atoms. The third-order valence-electron chi connectivity index (χ3n) is 3.07. The van der Waals surface area contributed by atoms with Crippen molar-refractivity contribution in [3.8, 4) is 0 Å². The molecule has 0 heterocycles. The van der Waals surface area contributed by atoms with Crippen LogP contribution in [0.2, 0.25) is 0 Å². The van der Waals surface area contributed by atoms with Gasteiger partial charge in [-0.3, -0.25) is 0 Å². The minimum atomic E-state index is -3.45. The molecule has 2 rings (SSSR count). The first-order valence-electron chi connectivity index (χ1n) is 5.93. The lowest BCUT2D eigenvalue weighted by Crippen LogP contribution is -2.26. The van der Waals surface area contributed by atoms with Crippen LogP contribution in [0.1, 0.15) is 24.0 Å². The molecule has 0 unspecified atom stereocenters. The Kier molecular flexibility index (Phi) is 4.11. The Morgan fingerprint density at radius 1 is 1.44 bits per heavy atom. The standard InChI is InChI=1S/C12H17BrN2O2S/c1-8-4-10(6-14)5-11(12(8)13)18(16,17)15-7-9-2-3-9/h4-5,9,15H,2-3,6-7,14H2,1H3. The number of nitrogens with two attached hydrogens (primary N) is 1. The number of sulfonamides is 1. The molecule has 0 spiro atoms. The van der Waals surface area contributed by atoms with E-state index in [-0.39, 0.29) is 4.90 Å². The smallest absolute Gasteiger partial charge is 0.241 e. The lowest BCUT2D eigenvalue weighted by atomic mass is 10.1. The summed E-state index contributed by atoms with van der Waals surface area (Å²) in [5.74, 6) is 0.511. The SMILES string of the molecule is Cc1cc(CN)cc(S(=O)(=O)NCC2CC2)c1Br. The lowest BCUT2D eigenvalue weighted by Gasteiger charge is -2.11. The van der Waals surface area contributed by atoms with Gasteiger partial charge in [-0.1, -0.05) is 6.07 Å². The van der Waals surface area contributed by atoms with Gasteiger partial charge in [0.05, 0.1) is 4.90 Å². The molecule has 1 aliphatic carbocycles. The lowest BCUT2D eigenvalue weighted by molar-refractivity contribution is 0.576. The van der Waals surface area contributed by atoms with Crippen LogP contribution in [-0.4, -0.2) is 15.0 Å². The first kappa shape index (κ1) is 14.0. The van der Waals surface area contributed by atoms with E-state index in [1.807, 2.05) is 13.0 Å². The molecule has 1 aromatic carbocycles. The van der Waals surface area contributed by atoms with Gasteiger partial charge in [0, 0.05) is 17.6 Å². The number of nitrogens with one attached hydrogen (secondary N) is 1. The van der Waals surface area contributed by atoms with Gasteiger partial charge in [-0.2, -0.15) is 0 Å². The molecule has 0 aromatic heterocycles. The predicted molar refractivity (Wildman–Crippen MR) is 74.7 cm³/mol. The monoisotopic (exact) mass is 332 g/mol. The highest BCUT2D eigenvalue weighted by Gasteiger charge is 2.25. The van der Waals surface area contributed by atoms with E-state index in [9.17, 15) is 8.42 Å². The zero-order valence-electron chi connectivity index (χ0n) is 10.2. The molecule has 1 saturated carbocycles. The van der Waals surface area contributed by atoms with E-state index >= 15 is 0 Å². The number of aryl methyl sites for hydroxylation is 1. The van der Waals surface area contributed by atoms with Gasteiger partial charge < -0.3 is 5.73 Å².